The maximum absolute atomic E-state index is 6.58. The Bertz CT molecular complexity index is 531. The Balaban J connectivity index is 2.04. The quantitative estimate of drug-likeness (QED) is 0.523. The number of methoxy groups -OCH3 is 1. The molecule has 2 unspecified atom stereocenters. The topological polar surface area (TPSA) is 38.5 Å². The molecule has 0 aromatic heterocycles. The first-order valence-electron chi connectivity index (χ1n) is 10.1. The summed E-state index contributed by atoms with van der Waals surface area (Å²) in [4.78, 5) is 2.66. The van der Waals surface area contributed by atoms with Crippen LogP contribution in [-0.2, 0) is 16.6 Å². The van der Waals surface area contributed by atoms with E-state index in [0.29, 0.717) is 5.92 Å². The molecule has 2 atom stereocenters. The minimum absolute atomic E-state index is 0.174. The molecule has 2 N–H and O–H groups in total. The number of hydrogen-bond acceptors (Lipinski definition) is 3. The zero-order chi connectivity index (χ0) is 18.3. The molecule has 1 heterocycles. The molecule has 3 nitrogen and oxygen atoms in total. The highest BCUT2D eigenvalue weighted by Gasteiger charge is 2.39. The summed E-state index contributed by atoms with van der Waals surface area (Å²) < 4.78 is 5.24. The number of rotatable bonds is 9. The van der Waals surface area contributed by atoms with Crippen LogP contribution >= 0.6 is 0 Å². The van der Waals surface area contributed by atoms with Crippen molar-refractivity contribution in [1.29, 1.82) is 0 Å². The molecule has 0 radical (unpaired) electrons. The molecule has 1 saturated heterocycles. The second-order valence-electron chi connectivity index (χ2n) is 8.05. The molecule has 1 fully saturated rings. The van der Waals surface area contributed by atoms with Crippen LogP contribution in [0, 0.1) is 5.92 Å². The summed E-state index contributed by atoms with van der Waals surface area (Å²) in [7, 11) is 1.75. The molecule has 2 rings (SSSR count). The number of nitrogen functional groups attached to an aromatic ring is 1. The molecule has 0 aliphatic carbocycles. The number of benzene rings is 1. The lowest BCUT2D eigenvalue weighted by molar-refractivity contribution is 0.110. The monoisotopic (exact) mass is 346 g/mol. The number of piperidine rings is 1. The summed E-state index contributed by atoms with van der Waals surface area (Å²) in [5.74, 6) is 0.618. The Labute approximate surface area is 154 Å². The number of anilines is 1. The SMILES string of the molecule is CCCCCCN1CCC(C)(c2cccc(CCOC)c2N)C(C)C1. The fraction of sp³-hybridized carbons (Fsp3) is 0.727. The highest BCUT2D eigenvalue weighted by atomic mass is 16.5. The first kappa shape index (κ1) is 20.3. The summed E-state index contributed by atoms with van der Waals surface area (Å²) >= 11 is 0. The number of nitrogens with two attached hydrogens (primary N) is 1. The van der Waals surface area contributed by atoms with Gasteiger partial charge in [-0.3, -0.25) is 0 Å². The van der Waals surface area contributed by atoms with Gasteiger partial charge in [-0.05, 0) is 54.8 Å². The van der Waals surface area contributed by atoms with E-state index in [1.807, 2.05) is 0 Å². The normalized spacial score (nSPS) is 24.6. The zero-order valence-corrected chi connectivity index (χ0v) is 16.8. The van der Waals surface area contributed by atoms with Crippen LogP contribution in [0.25, 0.3) is 0 Å². The number of hydrogen-bond donors (Lipinski definition) is 1. The van der Waals surface area contributed by atoms with E-state index in [9.17, 15) is 0 Å². The molecule has 0 bridgehead atoms. The van der Waals surface area contributed by atoms with E-state index in [4.69, 9.17) is 10.5 Å². The van der Waals surface area contributed by atoms with Crippen LogP contribution in [0.5, 0.6) is 0 Å². The zero-order valence-electron chi connectivity index (χ0n) is 16.8. The van der Waals surface area contributed by atoms with Crippen molar-refractivity contribution in [2.45, 2.75) is 64.7 Å². The summed E-state index contributed by atoms with van der Waals surface area (Å²) in [6.45, 7) is 11.4. The Morgan fingerprint density at radius 2 is 2.08 bits per heavy atom. The predicted molar refractivity (Wildman–Crippen MR) is 108 cm³/mol. The summed E-state index contributed by atoms with van der Waals surface area (Å²) in [5, 5.41) is 0. The van der Waals surface area contributed by atoms with Crippen molar-refractivity contribution in [3.8, 4) is 0 Å². The van der Waals surface area contributed by atoms with Crippen molar-refractivity contribution in [2.24, 2.45) is 5.92 Å². The van der Waals surface area contributed by atoms with Gasteiger partial charge in [-0.2, -0.15) is 0 Å². The van der Waals surface area contributed by atoms with Crippen molar-refractivity contribution < 1.29 is 4.74 Å². The van der Waals surface area contributed by atoms with Gasteiger partial charge in [0.2, 0.25) is 0 Å². The minimum atomic E-state index is 0.174. The Morgan fingerprint density at radius 1 is 1.28 bits per heavy atom. The van der Waals surface area contributed by atoms with Crippen LogP contribution in [0.4, 0.5) is 5.69 Å². The summed E-state index contributed by atoms with van der Waals surface area (Å²) in [6.07, 6.45) is 7.47. The van der Waals surface area contributed by atoms with Crippen molar-refractivity contribution in [2.75, 3.05) is 39.1 Å². The molecular weight excluding hydrogens is 308 g/mol. The van der Waals surface area contributed by atoms with E-state index in [0.717, 1.165) is 18.7 Å². The van der Waals surface area contributed by atoms with Gasteiger partial charge in [0, 0.05) is 19.3 Å². The van der Waals surface area contributed by atoms with E-state index in [-0.39, 0.29) is 5.41 Å². The maximum Gasteiger partial charge on any atom is 0.0503 e. The highest BCUT2D eigenvalue weighted by Crippen LogP contribution is 2.42. The third-order valence-electron chi connectivity index (χ3n) is 6.28. The first-order valence-corrected chi connectivity index (χ1v) is 10.1. The van der Waals surface area contributed by atoms with Crippen LogP contribution in [0.15, 0.2) is 18.2 Å². The highest BCUT2D eigenvalue weighted by molar-refractivity contribution is 5.57. The number of nitrogens with zero attached hydrogens (tertiary/aromatic N) is 1. The molecule has 1 aliphatic rings. The van der Waals surface area contributed by atoms with Gasteiger partial charge in [-0.25, -0.2) is 0 Å². The number of likely N-dealkylation sites (tertiary alicyclic amines) is 1. The fourth-order valence-corrected chi connectivity index (χ4v) is 4.22. The Hall–Kier alpha value is -1.06. The minimum Gasteiger partial charge on any atom is -0.398 e. The lowest BCUT2D eigenvalue weighted by atomic mass is 9.67. The van der Waals surface area contributed by atoms with Crippen molar-refractivity contribution >= 4 is 5.69 Å². The van der Waals surface area contributed by atoms with E-state index < -0.39 is 0 Å². The third kappa shape index (κ3) is 4.98. The van der Waals surface area contributed by atoms with Crippen LogP contribution in [0.3, 0.4) is 0 Å². The molecule has 0 amide bonds. The summed E-state index contributed by atoms with van der Waals surface area (Å²) in [5.41, 5.74) is 10.3. The van der Waals surface area contributed by atoms with Crippen molar-refractivity contribution in [3.05, 3.63) is 29.3 Å². The van der Waals surface area contributed by atoms with Gasteiger partial charge >= 0.3 is 0 Å². The van der Waals surface area contributed by atoms with Crippen molar-refractivity contribution in [1.82, 2.24) is 4.90 Å². The molecular formula is C22H38N2O. The van der Waals surface area contributed by atoms with Gasteiger partial charge in [0.25, 0.3) is 0 Å². The molecule has 0 spiro atoms. The lowest BCUT2D eigenvalue weighted by Gasteiger charge is -2.45. The van der Waals surface area contributed by atoms with Crippen molar-refractivity contribution in [3.63, 3.8) is 0 Å². The van der Waals surface area contributed by atoms with Gasteiger partial charge in [-0.15, -0.1) is 0 Å². The van der Waals surface area contributed by atoms with Crippen LogP contribution in [0.1, 0.15) is 64.0 Å². The fourth-order valence-electron chi connectivity index (χ4n) is 4.22. The Kier molecular flexibility index (Phi) is 7.77. The first-order chi connectivity index (χ1) is 12.0. The molecule has 1 aromatic carbocycles. The predicted octanol–water partition coefficient (Wildman–Crippen LogP) is 4.64. The van der Waals surface area contributed by atoms with Gasteiger partial charge in [0.1, 0.15) is 0 Å². The second kappa shape index (κ2) is 9.59. The molecule has 3 heteroatoms. The lowest BCUT2D eigenvalue weighted by Crippen LogP contribution is -2.47. The van der Waals surface area contributed by atoms with Gasteiger partial charge < -0.3 is 15.4 Å². The van der Waals surface area contributed by atoms with Crippen LogP contribution in [-0.4, -0.2) is 38.3 Å². The van der Waals surface area contributed by atoms with Gasteiger partial charge in [0.15, 0.2) is 0 Å². The molecule has 1 aromatic rings. The average molecular weight is 347 g/mol. The van der Waals surface area contributed by atoms with E-state index in [1.165, 1.54) is 62.9 Å². The van der Waals surface area contributed by atoms with E-state index >= 15 is 0 Å². The Morgan fingerprint density at radius 3 is 2.76 bits per heavy atom. The molecule has 1 aliphatic heterocycles. The molecule has 142 valence electrons. The largest absolute Gasteiger partial charge is 0.398 e. The number of unbranched alkanes of at least 4 members (excludes halogenated alkanes) is 3. The van der Waals surface area contributed by atoms with Gasteiger partial charge in [0.05, 0.1) is 6.61 Å². The maximum atomic E-state index is 6.58. The second-order valence-corrected chi connectivity index (χ2v) is 8.05. The number of ether oxygens (including phenoxy) is 1. The molecule has 0 saturated carbocycles. The van der Waals surface area contributed by atoms with E-state index in [1.54, 1.807) is 7.11 Å². The third-order valence-corrected chi connectivity index (χ3v) is 6.28. The number of para-hydroxylation sites is 1. The standard InChI is InChI=1S/C22H38N2O/c1-5-6-7-8-14-24-15-13-22(3,18(2)17-24)20-11-9-10-19(21(20)23)12-16-25-4/h9-11,18H,5-8,12-17,23H2,1-4H3. The van der Waals surface area contributed by atoms with Crippen LogP contribution in [0.2, 0.25) is 0 Å². The summed E-state index contributed by atoms with van der Waals surface area (Å²) in [6, 6.07) is 6.57. The molecule has 25 heavy (non-hydrogen) atoms. The smallest absolute Gasteiger partial charge is 0.0503 e. The van der Waals surface area contributed by atoms with E-state index in [2.05, 4.69) is 43.9 Å². The van der Waals surface area contributed by atoms with Crippen LogP contribution < -0.4 is 5.73 Å². The van der Waals surface area contributed by atoms with Gasteiger partial charge in [-0.1, -0.05) is 58.2 Å². The average Bonchev–Trinajstić information content (AvgIpc) is 2.61.